The van der Waals surface area contributed by atoms with Crippen LogP contribution in [-0.4, -0.2) is 4.98 Å². The maximum absolute atomic E-state index is 13.8. The molecule has 20 heavy (non-hydrogen) atoms. The summed E-state index contributed by atoms with van der Waals surface area (Å²) in [5.41, 5.74) is 1.36. The number of rotatable bonds is 2. The van der Waals surface area contributed by atoms with E-state index in [9.17, 15) is 4.39 Å². The average molecular weight is 350 g/mol. The van der Waals surface area contributed by atoms with Gasteiger partial charge in [-0.05, 0) is 12.1 Å². The zero-order valence-electron chi connectivity index (χ0n) is 9.49. The Morgan fingerprint density at radius 1 is 1.05 bits per heavy atom. The number of benzene rings is 1. The van der Waals surface area contributed by atoms with Crippen molar-refractivity contribution in [3.63, 3.8) is 0 Å². The van der Waals surface area contributed by atoms with Gasteiger partial charge in [0.2, 0.25) is 0 Å². The van der Waals surface area contributed by atoms with Crippen LogP contribution in [0.25, 0.3) is 0 Å². The summed E-state index contributed by atoms with van der Waals surface area (Å²) in [6, 6.07) is 2.67. The van der Waals surface area contributed by atoms with Crippen molar-refractivity contribution >= 4 is 69.0 Å². The molecular formula is C11H4Cl3FN4S. The Morgan fingerprint density at radius 3 is 2.55 bits per heavy atom. The summed E-state index contributed by atoms with van der Waals surface area (Å²) in [5, 5.41) is 3.68. The normalized spacial score (nSPS) is 12.2. The zero-order valence-corrected chi connectivity index (χ0v) is 12.6. The van der Waals surface area contributed by atoms with E-state index in [0.717, 1.165) is 17.4 Å². The lowest BCUT2D eigenvalue weighted by Crippen LogP contribution is -1.98. The summed E-state index contributed by atoms with van der Waals surface area (Å²) in [7, 11) is 0. The quantitative estimate of drug-likeness (QED) is 0.650. The first-order valence-corrected chi connectivity index (χ1v) is 7.11. The first kappa shape index (κ1) is 13.8. The van der Waals surface area contributed by atoms with E-state index >= 15 is 0 Å². The molecule has 0 radical (unpaired) electrons. The lowest BCUT2D eigenvalue weighted by molar-refractivity contribution is 0.626. The highest BCUT2D eigenvalue weighted by Crippen LogP contribution is 2.48. The Hall–Kier alpha value is -1.21. The van der Waals surface area contributed by atoms with Crippen LogP contribution in [0, 0.1) is 5.82 Å². The molecule has 1 aromatic carbocycles. The second-order valence-electron chi connectivity index (χ2n) is 3.79. The average Bonchev–Trinajstić information content (AvgIpc) is 2.86. The molecule has 0 aliphatic carbocycles. The maximum Gasteiger partial charge on any atom is 0.167 e. The van der Waals surface area contributed by atoms with Gasteiger partial charge < -0.3 is 5.32 Å². The standard InChI is InChI=1S/C11H4Cl3FN4S/c12-4-1-7(15)11(16-3-4)17-8-5(13)2-6(14)9-10(8)19-20-18-9/h1-3H,(H,16,17). The van der Waals surface area contributed by atoms with Crippen LogP contribution in [0.5, 0.6) is 0 Å². The monoisotopic (exact) mass is 348 g/mol. The van der Waals surface area contributed by atoms with Crippen LogP contribution in [0.3, 0.4) is 0 Å². The summed E-state index contributed by atoms with van der Waals surface area (Å²) in [6.07, 6.45) is 1.33. The Labute approximate surface area is 131 Å². The fourth-order valence-electron chi connectivity index (χ4n) is 1.62. The highest BCUT2D eigenvalue weighted by Gasteiger charge is 2.20. The molecule has 0 unspecified atom stereocenters. The van der Waals surface area contributed by atoms with Gasteiger partial charge in [0, 0.05) is 6.20 Å². The minimum atomic E-state index is -0.597. The van der Waals surface area contributed by atoms with Gasteiger partial charge in [-0.15, -0.1) is 0 Å². The van der Waals surface area contributed by atoms with Gasteiger partial charge in [0.05, 0.1) is 32.1 Å². The van der Waals surface area contributed by atoms with E-state index < -0.39 is 5.82 Å². The second kappa shape index (κ2) is 5.29. The number of pyridine rings is 1. The van der Waals surface area contributed by atoms with Crippen molar-refractivity contribution in [3.8, 4) is 0 Å². The van der Waals surface area contributed by atoms with Gasteiger partial charge in [-0.2, -0.15) is 8.73 Å². The molecule has 0 fully saturated rings. The third kappa shape index (κ3) is 2.40. The Morgan fingerprint density at radius 2 is 1.80 bits per heavy atom. The summed E-state index contributed by atoms with van der Waals surface area (Å²) < 4.78 is 21.9. The van der Waals surface area contributed by atoms with Crippen LogP contribution in [-0.2, 0) is 11.4 Å². The number of fused-ring (bicyclic) bond motifs is 1. The van der Waals surface area contributed by atoms with Crippen molar-refractivity contribution in [1.29, 1.82) is 0 Å². The van der Waals surface area contributed by atoms with Crippen molar-refractivity contribution < 1.29 is 4.39 Å². The molecule has 0 saturated carbocycles. The first-order valence-electron chi connectivity index (χ1n) is 5.24. The molecule has 0 spiro atoms. The van der Waals surface area contributed by atoms with Crippen molar-refractivity contribution in [3.05, 3.63) is 39.2 Å². The SMILES string of the molecule is Fc1cc(Cl)cnc1Nc1c(Cl)cc(Cl)c2c1N=S=N2. The molecule has 4 nitrogen and oxygen atoms in total. The van der Waals surface area contributed by atoms with E-state index in [1.54, 1.807) is 0 Å². The smallest absolute Gasteiger partial charge is 0.167 e. The largest absolute Gasteiger partial charge is 0.335 e. The van der Waals surface area contributed by atoms with E-state index in [1.807, 2.05) is 0 Å². The molecule has 0 bridgehead atoms. The van der Waals surface area contributed by atoms with Crippen molar-refractivity contribution in [2.45, 2.75) is 0 Å². The van der Waals surface area contributed by atoms with E-state index in [4.69, 9.17) is 34.8 Å². The molecule has 0 amide bonds. The molecule has 1 N–H and O–H groups in total. The van der Waals surface area contributed by atoms with E-state index in [0.29, 0.717) is 27.1 Å². The van der Waals surface area contributed by atoms with Crippen LogP contribution in [0.15, 0.2) is 27.1 Å². The van der Waals surface area contributed by atoms with Gasteiger partial charge in [-0.3, -0.25) is 0 Å². The molecule has 102 valence electrons. The second-order valence-corrected chi connectivity index (χ2v) is 5.56. The van der Waals surface area contributed by atoms with E-state index in [1.165, 1.54) is 12.3 Å². The van der Waals surface area contributed by atoms with Crippen molar-refractivity contribution in [1.82, 2.24) is 4.98 Å². The number of halogens is 4. The van der Waals surface area contributed by atoms with Crippen LogP contribution >= 0.6 is 34.8 Å². The molecule has 9 heteroatoms. The van der Waals surface area contributed by atoms with Crippen LogP contribution < -0.4 is 5.32 Å². The van der Waals surface area contributed by atoms with Gasteiger partial charge in [0.15, 0.2) is 11.6 Å². The molecule has 3 rings (SSSR count). The molecular weight excluding hydrogens is 346 g/mol. The summed E-state index contributed by atoms with van der Waals surface area (Å²) in [6.45, 7) is 0. The van der Waals surface area contributed by atoms with E-state index in [2.05, 4.69) is 19.0 Å². The Balaban J connectivity index is 2.08. The van der Waals surface area contributed by atoms with E-state index in [-0.39, 0.29) is 10.8 Å². The topological polar surface area (TPSA) is 49.6 Å². The van der Waals surface area contributed by atoms with Gasteiger partial charge in [-0.25, -0.2) is 9.37 Å². The molecule has 0 saturated heterocycles. The fourth-order valence-corrected chi connectivity index (χ4v) is 2.92. The molecule has 2 heterocycles. The van der Waals surface area contributed by atoms with Gasteiger partial charge in [0.25, 0.3) is 0 Å². The molecule has 1 aliphatic heterocycles. The molecule has 2 aromatic rings. The van der Waals surface area contributed by atoms with Gasteiger partial charge >= 0.3 is 0 Å². The highest BCUT2D eigenvalue weighted by atomic mass is 35.5. The van der Waals surface area contributed by atoms with Crippen LogP contribution in [0.1, 0.15) is 0 Å². The molecule has 1 aromatic heterocycles. The number of anilines is 2. The summed E-state index contributed by atoms with van der Waals surface area (Å²) in [5.74, 6) is -0.604. The zero-order chi connectivity index (χ0) is 14.3. The van der Waals surface area contributed by atoms with Crippen LogP contribution in [0.2, 0.25) is 15.1 Å². The van der Waals surface area contributed by atoms with Crippen LogP contribution in [0.4, 0.5) is 27.3 Å². The number of aromatic nitrogens is 1. The lowest BCUT2D eigenvalue weighted by Gasteiger charge is -2.12. The lowest BCUT2D eigenvalue weighted by atomic mass is 10.2. The number of nitrogens with zero attached hydrogens (tertiary/aromatic N) is 3. The molecule has 0 atom stereocenters. The summed E-state index contributed by atoms with van der Waals surface area (Å²) in [4.78, 5) is 3.87. The highest BCUT2D eigenvalue weighted by molar-refractivity contribution is 7.58. The van der Waals surface area contributed by atoms with Crippen molar-refractivity contribution in [2.75, 3.05) is 5.32 Å². The predicted octanol–water partition coefficient (Wildman–Crippen LogP) is 5.65. The fraction of sp³-hybridized carbons (Fsp3) is 0. The van der Waals surface area contributed by atoms with Gasteiger partial charge in [0.1, 0.15) is 11.4 Å². The van der Waals surface area contributed by atoms with Crippen molar-refractivity contribution in [2.24, 2.45) is 8.73 Å². The number of nitrogens with one attached hydrogen (secondary N) is 1. The summed E-state index contributed by atoms with van der Waals surface area (Å²) >= 11 is 18.8. The number of hydrogen-bond donors (Lipinski definition) is 1. The first-order chi connectivity index (χ1) is 9.56. The molecule has 1 aliphatic rings. The minimum Gasteiger partial charge on any atom is -0.335 e. The Kier molecular flexibility index (Phi) is 3.64. The third-order valence-corrected chi connectivity index (χ3v) is 3.82. The minimum absolute atomic E-state index is 0.00655. The predicted molar refractivity (Wildman–Crippen MR) is 80.5 cm³/mol. The number of hydrogen-bond acceptors (Lipinski definition) is 4. The maximum atomic E-state index is 13.8. The Bertz CT molecular complexity index is 790. The third-order valence-electron chi connectivity index (χ3n) is 2.50. The van der Waals surface area contributed by atoms with Gasteiger partial charge in [-0.1, -0.05) is 34.8 Å².